The minimum atomic E-state index is -3.88. The zero-order valence-corrected chi connectivity index (χ0v) is 19.7. The van der Waals surface area contributed by atoms with Crippen molar-refractivity contribution in [2.75, 3.05) is 22.9 Å². The Balaban J connectivity index is 1.41. The molecule has 0 unspecified atom stereocenters. The lowest BCUT2D eigenvalue weighted by atomic mass is 10.3. The van der Waals surface area contributed by atoms with Crippen LogP contribution in [-0.4, -0.2) is 42.1 Å². The number of thioether (sulfide) groups is 1. The Morgan fingerprint density at radius 2 is 2.03 bits per heavy atom. The summed E-state index contributed by atoms with van der Waals surface area (Å²) in [6, 6.07) is 10.6. The summed E-state index contributed by atoms with van der Waals surface area (Å²) in [5.41, 5.74) is 1.02. The summed E-state index contributed by atoms with van der Waals surface area (Å²) < 4.78 is 38.6. The molecule has 15 heteroatoms. The Kier molecular flexibility index (Phi) is 6.67. The zero-order chi connectivity index (χ0) is 24.3. The summed E-state index contributed by atoms with van der Waals surface area (Å²) in [5, 5.41) is 13.2. The van der Waals surface area contributed by atoms with Crippen molar-refractivity contribution < 1.29 is 27.3 Å². The van der Waals surface area contributed by atoms with Crippen LogP contribution < -0.4 is 14.8 Å². The van der Waals surface area contributed by atoms with Crippen LogP contribution in [0.1, 0.15) is 0 Å². The molecule has 0 saturated carbocycles. The number of carbonyl (C=O) groups is 1. The van der Waals surface area contributed by atoms with Crippen molar-refractivity contribution in [1.82, 2.24) is 9.97 Å². The first-order valence-corrected chi connectivity index (χ1v) is 12.6. The van der Waals surface area contributed by atoms with Gasteiger partial charge in [0.1, 0.15) is 17.5 Å². The molecule has 0 spiro atoms. The van der Waals surface area contributed by atoms with Gasteiger partial charge in [0.05, 0.1) is 22.7 Å². The van der Waals surface area contributed by atoms with Crippen LogP contribution in [0.2, 0.25) is 0 Å². The van der Waals surface area contributed by atoms with Crippen molar-refractivity contribution >= 4 is 65.9 Å². The minimum Gasteiger partial charge on any atom is -0.497 e. The molecule has 0 aliphatic heterocycles. The highest BCUT2D eigenvalue weighted by molar-refractivity contribution is 7.99. The number of hydrogen-bond donors (Lipinski definition) is 2. The SMILES string of the molecule is COc1ccc(NS(=O)(=O)c2ccc3oc(SCC(=O)Nc4ncc([N+](=O)[O-])s4)nc3c2)cc1. The fourth-order valence-corrected chi connectivity index (χ4v) is 5.04. The molecule has 1 amide bonds. The van der Waals surface area contributed by atoms with E-state index in [-0.39, 0.29) is 26.0 Å². The number of benzene rings is 2. The lowest BCUT2D eigenvalue weighted by Crippen LogP contribution is -2.13. The third kappa shape index (κ3) is 5.44. The molecule has 34 heavy (non-hydrogen) atoms. The van der Waals surface area contributed by atoms with Crippen LogP contribution in [0.25, 0.3) is 11.1 Å². The Hall–Kier alpha value is -3.69. The van der Waals surface area contributed by atoms with Gasteiger partial charge < -0.3 is 14.5 Å². The Morgan fingerprint density at radius 3 is 2.71 bits per heavy atom. The van der Waals surface area contributed by atoms with Gasteiger partial charge in [-0.1, -0.05) is 11.8 Å². The first kappa shape index (κ1) is 23.5. The molecule has 2 N–H and O–H groups in total. The number of oxazole rings is 1. The lowest BCUT2D eigenvalue weighted by molar-refractivity contribution is -0.380. The fraction of sp³-hybridized carbons (Fsp3) is 0.105. The van der Waals surface area contributed by atoms with Crippen molar-refractivity contribution in [3.05, 3.63) is 58.8 Å². The third-order valence-electron chi connectivity index (χ3n) is 4.24. The predicted octanol–water partition coefficient (Wildman–Crippen LogP) is 3.73. The van der Waals surface area contributed by atoms with E-state index >= 15 is 0 Å². The molecule has 4 aromatic rings. The van der Waals surface area contributed by atoms with E-state index in [1.807, 2.05) is 0 Å². The van der Waals surface area contributed by atoms with Crippen LogP contribution in [0.3, 0.4) is 0 Å². The highest BCUT2D eigenvalue weighted by Crippen LogP contribution is 2.28. The molecular formula is C19H15N5O7S3. The van der Waals surface area contributed by atoms with E-state index in [0.29, 0.717) is 22.5 Å². The van der Waals surface area contributed by atoms with Crippen LogP contribution in [0.15, 0.2) is 63.2 Å². The summed E-state index contributed by atoms with van der Waals surface area (Å²) in [4.78, 5) is 30.2. The van der Waals surface area contributed by atoms with Crippen molar-refractivity contribution in [2.45, 2.75) is 10.1 Å². The number of sulfonamides is 1. The topological polar surface area (TPSA) is 167 Å². The second-order valence-corrected chi connectivity index (χ2v) is 10.2. The molecular weight excluding hydrogens is 506 g/mol. The molecule has 2 heterocycles. The molecule has 0 radical (unpaired) electrons. The predicted molar refractivity (Wildman–Crippen MR) is 126 cm³/mol. The molecule has 2 aromatic heterocycles. The minimum absolute atomic E-state index is 0.0104. The average molecular weight is 522 g/mol. The molecule has 12 nitrogen and oxygen atoms in total. The third-order valence-corrected chi connectivity index (χ3v) is 7.31. The number of anilines is 2. The first-order valence-electron chi connectivity index (χ1n) is 9.34. The van der Waals surface area contributed by atoms with E-state index in [0.717, 1.165) is 29.3 Å². The number of amides is 1. The van der Waals surface area contributed by atoms with Gasteiger partial charge in [0.15, 0.2) is 10.7 Å². The summed E-state index contributed by atoms with van der Waals surface area (Å²) in [6.45, 7) is 0. The number of methoxy groups -OCH3 is 1. The first-order chi connectivity index (χ1) is 16.2. The summed E-state index contributed by atoms with van der Waals surface area (Å²) in [5.74, 6) is 0.0480. The molecule has 2 aromatic carbocycles. The summed E-state index contributed by atoms with van der Waals surface area (Å²) >= 11 is 1.72. The Bertz CT molecular complexity index is 1470. The number of carbonyl (C=O) groups excluding carboxylic acids is 1. The van der Waals surface area contributed by atoms with Crippen LogP contribution >= 0.6 is 23.1 Å². The zero-order valence-electron chi connectivity index (χ0n) is 17.3. The number of thiazole rings is 1. The van der Waals surface area contributed by atoms with Crippen LogP contribution in [0, 0.1) is 10.1 Å². The van der Waals surface area contributed by atoms with E-state index in [1.54, 1.807) is 24.3 Å². The van der Waals surface area contributed by atoms with Crippen molar-refractivity contribution in [2.24, 2.45) is 0 Å². The Morgan fingerprint density at radius 1 is 1.26 bits per heavy atom. The number of fused-ring (bicyclic) bond motifs is 1. The second-order valence-electron chi connectivity index (χ2n) is 6.54. The van der Waals surface area contributed by atoms with E-state index in [2.05, 4.69) is 20.0 Å². The van der Waals surface area contributed by atoms with Gasteiger partial charge in [-0.05, 0) is 53.8 Å². The standard InChI is InChI=1S/C19H15N5O7S3/c1-30-12-4-2-11(3-5-12)23-34(28,29)13-6-7-15-14(8-13)21-19(31-15)32-10-16(25)22-18-20-9-17(33-18)24(26)27/h2-9,23H,10H2,1H3,(H,20,22,25). The van der Waals surface area contributed by atoms with Gasteiger partial charge in [0, 0.05) is 5.69 Å². The molecule has 0 bridgehead atoms. The highest BCUT2D eigenvalue weighted by atomic mass is 32.2. The number of aromatic nitrogens is 2. The monoisotopic (exact) mass is 521 g/mol. The molecule has 0 aliphatic rings. The average Bonchev–Trinajstić information content (AvgIpc) is 3.44. The van der Waals surface area contributed by atoms with Crippen LogP contribution in [0.5, 0.6) is 5.75 Å². The fourth-order valence-electron chi connectivity index (χ4n) is 2.68. The van der Waals surface area contributed by atoms with Crippen molar-refractivity contribution in [3.8, 4) is 5.75 Å². The number of nitro groups is 1. The number of rotatable bonds is 9. The van der Waals surface area contributed by atoms with Crippen molar-refractivity contribution in [3.63, 3.8) is 0 Å². The van der Waals surface area contributed by atoms with E-state index in [9.17, 15) is 23.3 Å². The number of nitrogens with one attached hydrogen (secondary N) is 2. The highest BCUT2D eigenvalue weighted by Gasteiger charge is 2.18. The van der Waals surface area contributed by atoms with E-state index in [4.69, 9.17) is 9.15 Å². The molecule has 4 rings (SSSR count). The van der Waals surface area contributed by atoms with Crippen LogP contribution in [0.4, 0.5) is 15.8 Å². The van der Waals surface area contributed by atoms with Gasteiger partial charge in [0.25, 0.3) is 15.2 Å². The molecule has 0 fully saturated rings. The quantitative estimate of drug-likeness (QED) is 0.188. The summed E-state index contributed by atoms with van der Waals surface area (Å²) in [7, 11) is -2.36. The van der Waals surface area contributed by atoms with Gasteiger partial charge in [-0.25, -0.2) is 18.4 Å². The largest absolute Gasteiger partial charge is 0.497 e. The maximum absolute atomic E-state index is 12.7. The maximum Gasteiger partial charge on any atom is 0.345 e. The molecule has 0 saturated heterocycles. The normalized spacial score (nSPS) is 11.3. The number of hydrogen-bond acceptors (Lipinski definition) is 11. The van der Waals surface area contributed by atoms with Gasteiger partial charge in [0.2, 0.25) is 5.91 Å². The Labute approximate surface area is 200 Å². The van der Waals surface area contributed by atoms with Gasteiger partial charge in [-0.15, -0.1) is 0 Å². The summed E-state index contributed by atoms with van der Waals surface area (Å²) in [6.07, 6.45) is 1.06. The number of nitrogens with zero attached hydrogens (tertiary/aromatic N) is 3. The smallest absolute Gasteiger partial charge is 0.345 e. The van der Waals surface area contributed by atoms with Gasteiger partial charge in [-0.3, -0.25) is 19.6 Å². The molecule has 0 atom stereocenters. The van der Waals surface area contributed by atoms with E-state index < -0.39 is 20.9 Å². The lowest BCUT2D eigenvalue weighted by Gasteiger charge is -2.08. The second kappa shape index (κ2) is 9.66. The van der Waals surface area contributed by atoms with Gasteiger partial charge >= 0.3 is 5.00 Å². The van der Waals surface area contributed by atoms with Crippen LogP contribution in [-0.2, 0) is 14.8 Å². The number of ether oxygens (including phenoxy) is 1. The van der Waals surface area contributed by atoms with Gasteiger partial charge in [-0.2, -0.15) is 0 Å². The van der Waals surface area contributed by atoms with E-state index in [1.165, 1.54) is 25.3 Å². The molecule has 176 valence electrons. The molecule has 0 aliphatic carbocycles. The maximum atomic E-state index is 12.7. The van der Waals surface area contributed by atoms with Crippen molar-refractivity contribution in [1.29, 1.82) is 0 Å².